The lowest BCUT2D eigenvalue weighted by atomic mass is 10.1. The number of nitrogens with one attached hydrogen (secondary N) is 2. The number of nitrogens with zero attached hydrogens (tertiary/aromatic N) is 1. The second-order valence-electron chi connectivity index (χ2n) is 5.33. The lowest BCUT2D eigenvalue weighted by Crippen LogP contribution is -2.39. The van der Waals surface area contributed by atoms with E-state index in [1.54, 1.807) is 26.1 Å². The van der Waals surface area contributed by atoms with Crippen molar-refractivity contribution in [3.05, 3.63) is 32.6 Å². The lowest BCUT2D eigenvalue weighted by Gasteiger charge is -2.21. The number of halogens is 3. The van der Waals surface area contributed by atoms with E-state index in [2.05, 4.69) is 16.8 Å². The van der Waals surface area contributed by atoms with Crippen LogP contribution in [0.25, 0.3) is 0 Å². The highest BCUT2D eigenvalue weighted by Crippen LogP contribution is 2.13. The maximum absolute atomic E-state index is 11.9. The average Bonchev–Trinajstić information content (AvgIpc) is 2.33. The van der Waals surface area contributed by atoms with Gasteiger partial charge in [-0.15, -0.1) is 0 Å². The molecule has 0 unspecified atom stereocenters. The molecule has 1 aromatic heterocycles. The third-order valence-corrected chi connectivity index (χ3v) is 2.48. The summed E-state index contributed by atoms with van der Waals surface area (Å²) in [5.41, 5.74) is -2.06. The zero-order valence-corrected chi connectivity index (χ0v) is 12.1. The van der Waals surface area contributed by atoms with E-state index in [0.29, 0.717) is 0 Å². The molecule has 6 nitrogen and oxygen atoms in total. The number of carbonyl (C=O) groups excluding carboxylic acids is 1. The van der Waals surface area contributed by atoms with Crippen molar-refractivity contribution in [1.82, 2.24) is 14.9 Å². The van der Waals surface area contributed by atoms with Crippen molar-refractivity contribution in [1.29, 1.82) is 0 Å². The van der Waals surface area contributed by atoms with Crippen molar-refractivity contribution >= 4 is 5.91 Å². The summed E-state index contributed by atoms with van der Waals surface area (Å²) in [4.78, 5) is 35.8. The maximum atomic E-state index is 11.9. The van der Waals surface area contributed by atoms with Crippen molar-refractivity contribution in [3.8, 4) is 11.8 Å². The Morgan fingerprint density at radius 3 is 2.41 bits per heavy atom. The van der Waals surface area contributed by atoms with E-state index in [4.69, 9.17) is 0 Å². The highest BCUT2D eigenvalue weighted by Gasteiger charge is 2.38. The van der Waals surface area contributed by atoms with Gasteiger partial charge < -0.3 is 5.32 Å². The van der Waals surface area contributed by atoms with Crippen molar-refractivity contribution in [2.24, 2.45) is 0 Å². The number of amides is 1. The van der Waals surface area contributed by atoms with Gasteiger partial charge in [0.2, 0.25) is 0 Å². The normalized spacial score (nSPS) is 11.5. The van der Waals surface area contributed by atoms with Gasteiger partial charge >= 0.3 is 17.8 Å². The first-order chi connectivity index (χ1) is 9.93. The molecule has 1 aromatic rings. The topological polar surface area (TPSA) is 84.0 Å². The predicted octanol–water partition coefficient (Wildman–Crippen LogP) is 0.322. The maximum Gasteiger partial charge on any atom is 0.471 e. The molecular weight excluding hydrogens is 303 g/mol. The van der Waals surface area contributed by atoms with E-state index < -0.39 is 35.4 Å². The van der Waals surface area contributed by atoms with Gasteiger partial charge in [-0.2, -0.15) is 13.2 Å². The Kier molecular flexibility index (Phi) is 4.86. The van der Waals surface area contributed by atoms with Gasteiger partial charge in [-0.25, -0.2) is 4.79 Å². The average molecular weight is 317 g/mol. The first kappa shape index (κ1) is 17.6. The van der Waals surface area contributed by atoms with Crippen LogP contribution in [0.1, 0.15) is 26.3 Å². The number of hydrogen-bond donors (Lipinski definition) is 2. The van der Waals surface area contributed by atoms with E-state index in [9.17, 15) is 27.6 Å². The summed E-state index contributed by atoms with van der Waals surface area (Å²) in [7, 11) is 0. The minimum Gasteiger partial charge on any atom is -0.337 e. The molecule has 2 N–H and O–H groups in total. The van der Waals surface area contributed by atoms with Crippen LogP contribution < -0.4 is 16.6 Å². The molecule has 22 heavy (non-hydrogen) atoms. The van der Waals surface area contributed by atoms with Gasteiger partial charge in [-0.05, 0) is 20.8 Å². The molecule has 0 spiro atoms. The molecule has 1 rings (SSSR count). The second-order valence-corrected chi connectivity index (χ2v) is 5.33. The molecule has 0 saturated carbocycles. The van der Waals surface area contributed by atoms with Crippen molar-refractivity contribution in [2.75, 3.05) is 6.54 Å². The summed E-state index contributed by atoms with van der Waals surface area (Å²) in [5.74, 6) is 2.43. The van der Waals surface area contributed by atoms with Gasteiger partial charge in [0.15, 0.2) is 0 Å². The molecule has 0 bridgehead atoms. The molecule has 0 atom stereocenters. The SMILES string of the molecule is CC(C)(C)n1cc(C#CCNC(=O)C(F)(F)F)c(=O)[nH]c1=O. The molecule has 0 aliphatic carbocycles. The van der Waals surface area contributed by atoms with Gasteiger partial charge in [0.05, 0.1) is 6.54 Å². The molecule has 1 amide bonds. The Labute approximate surface area is 123 Å². The van der Waals surface area contributed by atoms with Crippen LogP contribution in [0.4, 0.5) is 13.2 Å². The Hall–Kier alpha value is -2.50. The summed E-state index contributed by atoms with van der Waals surface area (Å²) < 4.78 is 37.1. The van der Waals surface area contributed by atoms with Crippen molar-refractivity contribution in [3.63, 3.8) is 0 Å². The third-order valence-electron chi connectivity index (χ3n) is 2.48. The standard InChI is InChI=1S/C13H14F3N3O3/c1-12(2,3)19-7-8(9(20)18-11(19)22)5-4-6-17-10(21)13(14,15)16/h7H,6H2,1-3H3,(H,17,21)(H,18,20,22). The summed E-state index contributed by atoms with van der Waals surface area (Å²) in [6.07, 6.45) is -3.77. The van der Waals surface area contributed by atoms with Gasteiger partial charge in [-0.3, -0.25) is 19.1 Å². The minimum absolute atomic E-state index is 0.0872. The monoisotopic (exact) mass is 317 g/mol. The first-order valence-electron chi connectivity index (χ1n) is 6.13. The second kappa shape index (κ2) is 6.09. The lowest BCUT2D eigenvalue weighted by molar-refractivity contribution is -0.173. The van der Waals surface area contributed by atoms with Crippen LogP contribution >= 0.6 is 0 Å². The molecule has 1 heterocycles. The summed E-state index contributed by atoms with van der Waals surface area (Å²) in [5, 5.41) is 1.55. The number of carbonyl (C=O) groups is 1. The zero-order valence-electron chi connectivity index (χ0n) is 12.1. The summed E-state index contributed by atoms with van der Waals surface area (Å²) in [6.45, 7) is 4.61. The molecule has 9 heteroatoms. The number of alkyl halides is 3. The van der Waals surface area contributed by atoms with Crippen LogP contribution in [-0.4, -0.2) is 28.2 Å². The summed E-state index contributed by atoms with van der Waals surface area (Å²) in [6, 6.07) is 0. The van der Waals surface area contributed by atoms with E-state index in [1.165, 1.54) is 10.8 Å². The van der Waals surface area contributed by atoms with Crippen LogP contribution in [0.15, 0.2) is 15.8 Å². The number of aromatic nitrogens is 2. The highest BCUT2D eigenvalue weighted by atomic mass is 19.4. The fourth-order valence-electron chi connectivity index (χ4n) is 1.42. The number of rotatable bonds is 1. The molecule has 0 aliphatic heterocycles. The van der Waals surface area contributed by atoms with E-state index in [1.807, 2.05) is 0 Å². The van der Waals surface area contributed by atoms with Gasteiger partial charge in [0, 0.05) is 11.7 Å². The van der Waals surface area contributed by atoms with E-state index >= 15 is 0 Å². The smallest absolute Gasteiger partial charge is 0.337 e. The van der Waals surface area contributed by atoms with Crippen LogP contribution in [-0.2, 0) is 10.3 Å². The van der Waals surface area contributed by atoms with Crippen molar-refractivity contribution in [2.45, 2.75) is 32.5 Å². The molecule has 0 saturated heterocycles. The number of aromatic amines is 1. The quantitative estimate of drug-likeness (QED) is 0.732. The highest BCUT2D eigenvalue weighted by molar-refractivity contribution is 5.81. The predicted molar refractivity (Wildman–Crippen MR) is 72.3 cm³/mol. The summed E-state index contributed by atoms with van der Waals surface area (Å²) >= 11 is 0. The molecular formula is C13H14F3N3O3. The van der Waals surface area contributed by atoms with Crippen LogP contribution in [0, 0.1) is 11.8 Å². The Morgan fingerprint density at radius 2 is 1.91 bits per heavy atom. The zero-order chi connectivity index (χ0) is 17.1. The number of hydrogen-bond acceptors (Lipinski definition) is 3. The molecule has 0 aliphatic rings. The van der Waals surface area contributed by atoms with Crippen molar-refractivity contribution < 1.29 is 18.0 Å². The van der Waals surface area contributed by atoms with Crippen LogP contribution in [0.5, 0.6) is 0 Å². The van der Waals surface area contributed by atoms with Gasteiger partial charge in [0.25, 0.3) is 5.56 Å². The van der Waals surface area contributed by atoms with Gasteiger partial charge in [0.1, 0.15) is 5.56 Å². The Balaban J connectivity index is 2.97. The third kappa shape index (κ3) is 4.51. The Morgan fingerprint density at radius 1 is 1.32 bits per heavy atom. The van der Waals surface area contributed by atoms with E-state index in [-0.39, 0.29) is 5.56 Å². The largest absolute Gasteiger partial charge is 0.471 e. The van der Waals surface area contributed by atoms with Crippen LogP contribution in [0.3, 0.4) is 0 Å². The number of H-pyrrole nitrogens is 1. The fourth-order valence-corrected chi connectivity index (χ4v) is 1.42. The van der Waals surface area contributed by atoms with E-state index in [0.717, 1.165) is 0 Å². The van der Waals surface area contributed by atoms with Crippen LogP contribution in [0.2, 0.25) is 0 Å². The Bertz CT molecular complexity index is 742. The fraction of sp³-hybridized carbons (Fsp3) is 0.462. The first-order valence-corrected chi connectivity index (χ1v) is 6.13. The minimum atomic E-state index is -4.99. The molecule has 0 fully saturated rings. The molecule has 120 valence electrons. The van der Waals surface area contributed by atoms with Gasteiger partial charge in [-0.1, -0.05) is 11.8 Å². The molecule has 0 radical (unpaired) electrons. The molecule has 0 aromatic carbocycles.